The maximum Gasteiger partial charge on any atom is 0.407 e. The van der Waals surface area contributed by atoms with Crippen LogP contribution < -0.4 is 26.9 Å². The number of nitrogens with zero attached hydrogens (tertiary/aromatic N) is 1. The van der Waals surface area contributed by atoms with Crippen molar-refractivity contribution in [1.29, 1.82) is 0 Å². The molecular formula is C31H55BrN2O4S. The number of carbonyl (C=O) groups is 2. The predicted molar refractivity (Wildman–Crippen MR) is 157 cm³/mol. The molecule has 6 nitrogen and oxygen atoms in total. The second kappa shape index (κ2) is 26.8. The van der Waals surface area contributed by atoms with E-state index in [1.165, 1.54) is 70.6 Å². The second-order valence-electron chi connectivity index (χ2n) is 10.6. The number of hydrogen-bond donors (Lipinski definition) is 1. The van der Waals surface area contributed by atoms with Gasteiger partial charge in [-0.2, -0.15) is 4.57 Å². The number of allylic oxidation sites excluding steroid dienone is 1. The smallest absolute Gasteiger partial charge is 0.407 e. The summed E-state index contributed by atoms with van der Waals surface area (Å²) in [7, 11) is 0. The molecule has 1 heterocycles. The lowest BCUT2D eigenvalue weighted by molar-refractivity contribution is -0.692. The molecule has 0 spiro atoms. The molecule has 0 unspecified atom stereocenters. The van der Waals surface area contributed by atoms with E-state index in [2.05, 4.69) is 33.9 Å². The first-order valence-electron chi connectivity index (χ1n) is 15.2. The van der Waals surface area contributed by atoms with Crippen LogP contribution in [0, 0.1) is 0 Å². The van der Waals surface area contributed by atoms with Gasteiger partial charge in [0.15, 0.2) is 6.20 Å². The summed E-state index contributed by atoms with van der Waals surface area (Å²) in [6.45, 7) is 8.11. The first kappa shape index (κ1) is 37.6. The predicted octanol–water partition coefficient (Wildman–Crippen LogP) is 5.30. The van der Waals surface area contributed by atoms with E-state index >= 15 is 0 Å². The van der Waals surface area contributed by atoms with E-state index in [-0.39, 0.29) is 36.2 Å². The van der Waals surface area contributed by atoms with Gasteiger partial charge >= 0.3 is 12.1 Å². The number of carbonyl (C=O) groups excluding carboxylic acids is 2. The zero-order valence-electron chi connectivity index (χ0n) is 24.9. The SMILES string of the molecule is CCCCCCCCCCCCCCCNC(=O)OCC(COC(=O)CCCCC[n+]1ccsc1)=C(C)C.[Br-]. The van der Waals surface area contributed by atoms with E-state index < -0.39 is 6.09 Å². The zero-order valence-corrected chi connectivity index (χ0v) is 27.4. The molecule has 39 heavy (non-hydrogen) atoms. The minimum atomic E-state index is -0.405. The Balaban J connectivity index is 0.0000144. The minimum Gasteiger partial charge on any atom is -1.00 e. The summed E-state index contributed by atoms with van der Waals surface area (Å²) in [6.07, 6.45) is 22.0. The fraction of sp³-hybridized carbons (Fsp3) is 0.774. The maximum absolute atomic E-state index is 12.1. The highest BCUT2D eigenvalue weighted by atomic mass is 79.9. The van der Waals surface area contributed by atoms with Crippen LogP contribution in [0.15, 0.2) is 28.2 Å². The van der Waals surface area contributed by atoms with Crippen molar-refractivity contribution in [1.82, 2.24) is 5.32 Å². The van der Waals surface area contributed by atoms with E-state index in [0.29, 0.717) is 13.0 Å². The topological polar surface area (TPSA) is 68.5 Å². The number of aryl methyl sites for hydroxylation is 1. The molecule has 0 fully saturated rings. The Labute approximate surface area is 253 Å². The number of halogens is 1. The lowest BCUT2D eigenvalue weighted by atomic mass is 10.0. The molecule has 8 heteroatoms. The molecule has 0 aliphatic heterocycles. The number of unbranched alkanes of at least 4 members (excludes halogenated alkanes) is 14. The molecule has 0 saturated carbocycles. The van der Waals surface area contributed by atoms with Crippen LogP contribution in [0.5, 0.6) is 0 Å². The number of thiazole rings is 1. The molecule has 0 aliphatic rings. The van der Waals surface area contributed by atoms with Crippen molar-refractivity contribution in [3.05, 3.63) is 28.2 Å². The third kappa shape index (κ3) is 23.0. The molecule has 0 bridgehead atoms. The third-order valence-electron chi connectivity index (χ3n) is 6.87. The maximum atomic E-state index is 12.1. The van der Waals surface area contributed by atoms with Crippen molar-refractivity contribution in [3.8, 4) is 0 Å². The van der Waals surface area contributed by atoms with Crippen LogP contribution in [0.3, 0.4) is 0 Å². The fourth-order valence-electron chi connectivity index (χ4n) is 4.24. The van der Waals surface area contributed by atoms with Crippen LogP contribution in [0.2, 0.25) is 0 Å². The second-order valence-corrected chi connectivity index (χ2v) is 11.3. The lowest BCUT2D eigenvalue weighted by Crippen LogP contribution is -3.00. The Morgan fingerprint density at radius 1 is 0.769 bits per heavy atom. The summed E-state index contributed by atoms with van der Waals surface area (Å²) in [5, 5.41) is 4.90. The van der Waals surface area contributed by atoms with Crippen molar-refractivity contribution in [2.45, 2.75) is 136 Å². The van der Waals surface area contributed by atoms with Gasteiger partial charge in [-0.3, -0.25) is 4.79 Å². The normalized spacial score (nSPS) is 10.5. The standard InChI is InChI=1S/C31H54N2O4S.BrH/c1-4-5-6-7-8-9-10-11-12-13-14-15-18-21-32-31(35)37-26-29(28(2)3)25-36-30(34)20-17-16-19-22-33-23-24-38-27-33;/h23-24,27H,4-22,25-26H2,1-3H3;1H. The van der Waals surface area contributed by atoms with Gasteiger partial charge in [0.25, 0.3) is 0 Å². The average Bonchev–Trinajstić information content (AvgIpc) is 3.42. The van der Waals surface area contributed by atoms with Crippen LogP contribution in [0.4, 0.5) is 4.79 Å². The van der Waals surface area contributed by atoms with Gasteiger partial charge in [0.05, 0.1) is 5.38 Å². The Kier molecular flexibility index (Phi) is 25.8. The average molecular weight is 632 g/mol. The molecule has 0 aromatic carbocycles. The Morgan fingerprint density at radius 3 is 1.90 bits per heavy atom. The van der Waals surface area contributed by atoms with Crippen LogP contribution in [0.1, 0.15) is 130 Å². The van der Waals surface area contributed by atoms with E-state index in [4.69, 9.17) is 9.47 Å². The van der Waals surface area contributed by atoms with E-state index in [0.717, 1.165) is 49.8 Å². The molecule has 0 atom stereocenters. The van der Waals surface area contributed by atoms with Crippen molar-refractivity contribution < 1.29 is 40.6 Å². The highest BCUT2D eigenvalue weighted by Crippen LogP contribution is 2.12. The summed E-state index contributed by atoms with van der Waals surface area (Å²) in [5.41, 5.74) is 3.94. The monoisotopic (exact) mass is 630 g/mol. The number of hydrogen-bond acceptors (Lipinski definition) is 5. The minimum absolute atomic E-state index is 0. The van der Waals surface area contributed by atoms with Gasteiger partial charge < -0.3 is 31.8 Å². The first-order chi connectivity index (χ1) is 18.5. The molecule has 0 saturated heterocycles. The molecule has 0 aliphatic carbocycles. The Morgan fingerprint density at radius 2 is 1.33 bits per heavy atom. The van der Waals surface area contributed by atoms with Crippen LogP contribution >= 0.6 is 11.3 Å². The van der Waals surface area contributed by atoms with Gasteiger partial charge in [0.1, 0.15) is 19.8 Å². The van der Waals surface area contributed by atoms with Crippen molar-refractivity contribution in [3.63, 3.8) is 0 Å². The molecular weight excluding hydrogens is 576 g/mol. The van der Waals surface area contributed by atoms with Gasteiger partial charge in [-0.15, -0.1) is 0 Å². The molecule has 0 radical (unpaired) electrons. The van der Waals surface area contributed by atoms with Gasteiger partial charge in [-0.25, -0.2) is 4.79 Å². The van der Waals surface area contributed by atoms with Crippen LogP contribution in [0.25, 0.3) is 0 Å². The van der Waals surface area contributed by atoms with Crippen molar-refractivity contribution >= 4 is 23.4 Å². The third-order valence-corrected chi connectivity index (χ3v) is 7.54. The number of rotatable bonds is 24. The summed E-state index contributed by atoms with van der Waals surface area (Å²) in [4.78, 5) is 24.1. The Hall–Kier alpha value is -1.41. The Bertz CT molecular complexity index is 752. The number of ether oxygens (including phenoxy) is 2. The fourth-order valence-corrected chi connectivity index (χ4v) is 4.87. The highest BCUT2D eigenvalue weighted by molar-refractivity contribution is 7.07. The van der Waals surface area contributed by atoms with Gasteiger partial charge in [-0.1, -0.05) is 101 Å². The number of nitrogens with one attached hydrogen (secondary N) is 1. The van der Waals surface area contributed by atoms with Crippen molar-refractivity contribution in [2.75, 3.05) is 19.8 Å². The van der Waals surface area contributed by atoms with Crippen molar-refractivity contribution in [2.24, 2.45) is 0 Å². The highest BCUT2D eigenvalue weighted by Gasteiger charge is 2.10. The molecule has 1 aromatic rings. The van der Waals surface area contributed by atoms with E-state index in [9.17, 15) is 9.59 Å². The van der Waals surface area contributed by atoms with Gasteiger partial charge in [-0.05, 0) is 33.1 Å². The van der Waals surface area contributed by atoms with Crippen LogP contribution in [-0.4, -0.2) is 31.8 Å². The molecule has 1 N–H and O–H groups in total. The molecule has 1 amide bonds. The first-order valence-corrected chi connectivity index (χ1v) is 16.1. The number of esters is 1. The summed E-state index contributed by atoms with van der Waals surface area (Å²) in [5.74, 6) is -0.196. The summed E-state index contributed by atoms with van der Waals surface area (Å²) >= 11 is 1.69. The largest absolute Gasteiger partial charge is 1.00 e. The zero-order chi connectivity index (χ0) is 27.7. The van der Waals surface area contributed by atoms with E-state index in [1.54, 1.807) is 11.3 Å². The number of amides is 1. The summed E-state index contributed by atoms with van der Waals surface area (Å²) in [6, 6.07) is 0. The number of alkyl carbamates (subject to hydrolysis) is 1. The van der Waals surface area contributed by atoms with Gasteiger partial charge in [0.2, 0.25) is 5.51 Å². The lowest BCUT2D eigenvalue weighted by Gasteiger charge is -2.12. The van der Waals surface area contributed by atoms with Crippen LogP contribution in [-0.2, 0) is 20.8 Å². The summed E-state index contributed by atoms with van der Waals surface area (Å²) < 4.78 is 12.9. The molecule has 226 valence electrons. The molecule has 1 aromatic heterocycles. The molecule has 1 rings (SSSR count). The van der Waals surface area contributed by atoms with E-state index in [1.807, 2.05) is 13.8 Å². The quantitative estimate of drug-likeness (QED) is 0.0729. The van der Waals surface area contributed by atoms with Gasteiger partial charge in [0, 0.05) is 25.0 Å². The number of aromatic nitrogens is 1.